The molecule has 0 aromatic heterocycles. The molecule has 0 bridgehead atoms. The topological polar surface area (TPSA) is 32.7 Å². The molecule has 0 aliphatic carbocycles. The summed E-state index contributed by atoms with van der Waals surface area (Å²) in [5.41, 5.74) is 0. The van der Waals surface area contributed by atoms with Crippen LogP contribution in [0.2, 0.25) is 0 Å². The van der Waals surface area contributed by atoms with Crippen molar-refractivity contribution in [1.82, 2.24) is 4.90 Å². The predicted molar refractivity (Wildman–Crippen MR) is 50.3 cm³/mol. The Kier molecular flexibility index (Phi) is 7.45. The summed E-state index contributed by atoms with van der Waals surface area (Å²) in [4.78, 5) is 2.22. The number of rotatable bonds is 1. The van der Waals surface area contributed by atoms with Gasteiger partial charge in [0.1, 0.15) is 0 Å². The monoisotopic (exact) mass is 175 g/mol. The molecule has 0 aromatic rings. The van der Waals surface area contributed by atoms with Crippen LogP contribution in [0, 0.1) is 0 Å². The number of hydrogen-bond acceptors (Lipinski definition) is 3. The van der Waals surface area contributed by atoms with Gasteiger partial charge in [-0.3, -0.25) is 0 Å². The Morgan fingerprint density at radius 2 is 2.08 bits per heavy atom. The zero-order valence-corrected chi connectivity index (χ0v) is 8.42. The lowest BCUT2D eigenvalue weighted by molar-refractivity contribution is 0.0212. The highest BCUT2D eigenvalue weighted by atomic mass is 16.5. The van der Waals surface area contributed by atoms with E-state index in [2.05, 4.69) is 11.9 Å². The summed E-state index contributed by atoms with van der Waals surface area (Å²) in [5, 5.41) is 8.76. The molecule has 1 aliphatic heterocycles. The van der Waals surface area contributed by atoms with E-state index in [0.29, 0.717) is 0 Å². The lowest BCUT2D eigenvalue weighted by Gasteiger charge is -2.10. The smallest absolute Gasteiger partial charge is 0.0818 e. The van der Waals surface area contributed by atoms with E-state index in [1.165, 1.54) is 0 Å². The van der Waals surface area contributed by atoms with Crippen molar-refractivity contribution in [2.75, 3.05) is 33.4 Å². The second kappa shape index (κ2) is 7.53. The van der Waals surface area contributed by atoms with E-state index in [1.807, 2.05) is 13.8 Å². The van der Waals surface area contributed by atoms with Gasteiger partial charge in [0.15, 0.2) is 0 Å². The summed E-state index contributed by atoms with van der Waals surface area (Å²) < 4.78 is 5.33. The lowest BCUT2D eigenvalue weighted by atomic mass is 10.2. The second-order valence-electron chi connectivity index (χ2n) is 2.77. The van der Waals surface area contributed by atoms with Gasteiger partial charge in [-0.1, -0.05) is 13.8 Å². The summed E-state index contributed by atoms with van der Waals surface area (Å²) in [7, 11) is 2.07. The van der Waals surface area contributed by atoms with Crippen LogP contribution < -0.4 is 0 Å². The van der Waals surface area contributed by atoms with E-state index in [1.54, 1.807) is 0 Å². The first-order valence-electron chi connectivity index (χ1n) is 4.74. The van der Waals surface area contributed by atoms with Crippen LogP contribution in [0.3, 0.4) is 0 Å². The molecule has 0 amide bonds. The molecule has 74 valence electrons. The van der Waals surface area contributed by atoms with Gasteiger partial charge in [0.05, 0.1) is 19.3 Å². The van der Waals surface area contributed by atoms with Crippen LogP contribution >= 0.6 is 0 Å². The van der Waals surface area contributed by atoms with Crippen LogP contribution in [0.25, 0.3) is 0 Å². The van der Waals surface area contributed by atoms with Gasteiger partial charge in [-0.15, -0.1) is 0 Å². The van der Waals surface area contributed by atoms with E-state index >= 15 is 0 Å². The molecular weight excluding hydrogens is 154 g/mol. The van der Waals surface area contributed by atoms with Crippen LogP contribution in [-0.4, -0.2) is 49.5 Å². The van der Waals surface area contributed by atoms with E-state index in [0.717, 1.165) is 26.1 Å². The van der Waals surface area contributed by atoms with Crippen LogP contribution in [0.4, 0.5) is 0 Å². The molecule has 1 fully saturated rings. The second-order valence-corrected chi connectivity index (χ2v) is 2.77. The van der Waals surface area contributed by atoms with Gasteiger partial charge >= 0.3 is 0 Å². The molecule has 1 heterocycles. The van der Waals surface area contributed by atoms with Crippen molar-refractivity contribution in [1.29, 1.82) is 0 Å². The first-order valence-corrected chi connectivity index (χ1v) is 4.74. The van der Waals surface area contributed by atoms with Crippen molar-refractivity contribution in [2.24, 2.45) is 0 Å². The third kappa shape index (κ3) is 4.70. The molecular formula is C9H21NO2. The maximum absolute atomic E-state index is 8.76. The number of aliphatic hydroxyl groups excluding tert-OH is 1. The first kappa shape index (κ1) is 11.9. The molecule has 0 spiro atoms. The van der Waals surface area contributed by atoms with Gasteiger partial charge in [-0.05, 0) is 13.5 Å². The SMILES string of the molecule is CC.CN1CCOC(CO)CC1. The molecule has 3 heteroatoms. The van der Waals surface area contributed by atoms with Gasteiger partial charge in [-0.2, -0.15) is 0 Å². The fourth-order valence-corrected chi connectivity index (χ4v) is 1.08. The molecule has 1 rings (SSSR count). The Labute approximate surface area is 75.3 Å². The molecule has 1 aliphatic rings. The van der Waals surface area contributed by atoms with E-state index in [4.69, 9.17) is 9.84 Å². The van der Waals surface area contributed by atoms with Crippen molar-refractivity contribution in [3.63, 3.8) is 0 Å². The minimum atomic E-state index is 0.0740. The van der Waals surface area contributed by atoms with Crippen molar-refractivity contribution in [3.05, 3.63) is 0 Å². The summed E-state index contributed by atoms with van der Waals surface area (Å²) in [6.07, 6.45) is 1.03. The molecule has 12 heavy (non-hydrogen) atoms. The number of aliphatic hydroxyl groups is 1. The van der Waals surface area contributed by atoms with E-state index < -0.39 is 0 Å². The third-order valence-corrected chi connectivity index (χ3v) is 1.86. The minimum absolute atomic E-state index is 0.0740. The fraction of sp³-hybridized carbons (Fsp3) is 1.00. The normalized spacial score (nSPS) is 25.5. The van der Waals surface area contributed by atoms with Gasteiger partial charge in [0.2, 0.25) is 0 Å². The Morgan fingerprint density at radius 1 is 1.42 bits per heavy atom. The van der Waals surface area contributed by atoms with Crippen LogP contribution in [0.1, 0.15) is 20.3 Å². The zero-order valence-electron chi connectivity index (χ0n) is 8.42. The van der Waals surface area contributed by atoms with Gasteiger partial charge in [0, 0.05) is 13.1 Å². The highest BCUT2D eigenvalue weighted by Gasteiger charge is 2.13. The Bertz CT molecular complexity index is 98.5. The van der Waals surface area contributed by atoms with E-state index in [-0.39, 0.29) is 12.7 Å². The van der Waals surface area contributed by atoms with Gasteiger partial charge in [-0.25, -0.2) is 0 Å². The Hall–Kier alpha value is -0.120. The highest BCUT2D eigenvalue weighted by Crippen LogP contribution is 2.03. The largest absolute Gasteiger partial charge is 0.394 e. The van der Waals surface area contributed by atoms with Crippen LogP contribution in [0.15, 0.2) is 0 Å². The summed E-state index contributed by atoms with van der Waals surface area (Å²) in [6, 6.07) is 0. The van der Waals surface area contributed by atoms with Crippen molar-refractivity contribution in [2.45, 2.75) is 26.4 Å². The minimum Gasteiger partial charge on any atom is -0.394 e. The maximum Gasteiger partial charge on any atom is 0.0818 e. The zero-order chi connectivity index (χ0) is 9.40. The van der Waals surface area contributed by atoms with Gasteiger partial charge in [0.25, 0.3) is 0 Å². The molecule has 3 nitrogen and oxygen atoms in total. The Morgan fingerprint density at radius 3 is 2.67 bits per heavy atom. The molecule has 1 atom stereocenters. The van der Waals surface area contributed by atoms with Crippen LogP contribution in [-0.2, 0) is 4.74 Å². The molecule has 0 aromatic carbocycles. The third-order valence-electron chi connectivity index (χ3n) is 1.86. The molecule has 1 saturated heterocycles. The summed E-state index contributed by atoms with van der Waals surface area (Å²) in [5.74, 6) is 0. The van der Waals surface area contributed by atoms with Gasteiger partial charge < -0.3 is 14.7 Å². The maximum atomic E-state index is 8.76. The van der Waals surface area contributed by atoms with Crippen LogP contribution in [0.5, 0.6) is 0 Å². The number of likely N-dealkylation sites (N-methyl/N-ethyl adjacent to an activating group) is 1. The van der Waals surface area contributed by atoms with Crippen molar-refractivity contribution >= 4 is 0 Å². The number of hydrogen-bond donors (Lipinski definition) is 1. The molecule has 1 N–H and O–H groups in total. The van der Waals surface area contributed by atoms with E-state index in [9.17, 15) is 0 Å². The number of ether oxygens (including phenoxy) is 1. The predicted octanol–water partition coefficient (Wildman–Crippen LogP) is 0.726. The summed E-state index contributed by atoms with van der Waals surface area (Å²) in [6.45, 7) is 6.93. The Balaban J connectivity index is 0.000000561. The lowest BCUT2D eigenvalue weighted by Crippen LogP contribution is -2.21. The average Bonchev–Trinajstić information content (AvgIpc) is 2.33. The summed E-state index contributed by atoms with van der Waals surface area (Å²) >= 11 is 0. The standard InChI is InChI=1S/C7H15NO2.C2H6/c1-8-3-2-7(6-9)10-5-4-8;1-2/h7,9H,2-6H2,1H3;1-2H3. The quantitative estimate of drug-likeness (QED) is 0.637. The highest BCUT2D eigenvalue weighted by molar-refractivity contribution is 4.64. The van der Waals surface area contributed by atoms with Crippen molar-refractivity contribution < 1.29 is 9.84 Å². The molecule has 0 radical (unpaired) electrons. The molecule has 1 unspecified atom stereocenters. The fourth-order valence-electron chi connectivity index (χ4n) is 1.08. The molecule has 0 saturated carbocycles. The number of nitrogens with zero attached hydrogens (tertiary/aromatic N) is 1. The average molecular weight is 175 g/mol. The van der Waals surface area contributed by atoms with Crippen molar-refractivity contribution in [3.8, 4) is 0 Å². The first-order chi connectivity index (χ1) is 5.83.